The topological polar surface area (TPSA) is 44.1 Å². The number of nitrogens with zero attached hydrogens (tertiary/aromatic N) is 2. The first-order valence-corrected chi connectivity index (χ1v) is 5.98. The molecule has 92 valence electrons. The van der Waals surface area contributed by atoms with Gasteiger partial charge in [0.1, 0.15) is 12.4 Å². The molecule has 1 aromatic carbocycles. The molecule has 1 aliphatic carbocycles. The predicted octanol–water partition coefficient (Wildman–Crippen LogP) is 1.33. The molecule has 0 spiro atoms. The van der Waals surface area contributed by atoms with E-state index >= 15 is 0 Å². The Balaban J connectivity index is 1.76. The van der Waals surface area contributed by atoms with Gasteiger partial charge in [0.15, 0.2) is 0 Å². The predicted molar refractivity (Wildman–Crippen MR) is 67.7 cm³/mol. The summed E-state index contributed by atoms with van der Waals surface area (Å²) < 4.78 is 7.20. The molecule has 3 rings (SSSR count). The van der Waals surface area contributed by atoms with Crippen LogP contribution in [0.25, 0.3) is 0 Å². The quantitative estimate of drug-likeness (QED) is 0.798. The SMILES string of the molecule is Cn1cnc(OC2Cc3ccccc3C2)cc1=O. The highest BCUT2D eigenvalue weighted by Crippen LogP contribution is 2.24. The molecular weight excluding hydrogens is 228 g/mol. The van der Waals surface area contributed by atoms with Gasteiger partial charge in [-0.25, -0.2) is 4.98 Å². The van der Waals surface area contributed by atoms with Crippen LogP contribution < -0.4 is 10.3 Å². The molecule has 1 aliphatic rings. The number of benzene rings is 1. The lowest BCUT2D eigenvalue weighted by Gasteiger charge is -2.11. The Morgan fingerprint density at radius 3 is 2.56 bits per heavy atom. The Bertz CT molecular complexity index is 609. The molecule has 0 amide bonds. The molecular formula is C14H14N2O2. The smallest absolute Gasteiger partial charge is 0.256 e. The van der Waals surface area contributed by atoms with Crippen molar-refractivity contribution in [2.75, 3.05) is 0 Å². The largest absolute Gasteiger partial charge is 0.473 e. The number of rotatable bonds is 2. The van der Waals surface area contributed by atoms with Crippen LogP contribution in [0.2, 0.25) is 0 Å². The van der Waals surface area contributed by atoms with Crippen molar-refractivity contribution in [2.45, 2.75) is 18.9 Å². The van der Waals surface area contributed by atoms with Crippen LogP contribution in [0.1, 0.15) is 11.1 Å². The van der Waals surface area contributed by atoms with Crippen LogP contribution in [-0.4, -0.2) is 15.7 Å². The molecule has 18 heavy (non-hydrogen) atoms. The van der Waals surface area contributed by atoms with E-state index in [1.54, 1.807) is 7.05 Å². The molecule has 0 fully saturated rings. The van der Waals surface area contributed by atoms with Crippen LogP contribution in [0.3, 0.4) is 0 Å². The second kappa shape index (κ2) is 4.29. The minimum Gasteiger partial charge on any atom is -0.473 e. The zero-order valence-electron chi connectivity index (χ0n) is 10.2. The molecule has 0 radical (unpaired) electrons. The normalized spacial score (nSPS) is 14.5. The van der Waals surface area contributed by atoms with Crippen molar-refractivity contribution >= 4 is 0 Å². The van der Waals surface area contributed by atoms with Gasteiger partial charge in [0.05, 0.1) is 6.07 Å². The van der Waals surface area contributed by atoms with Crippen molar-refractivity contribution in [3.63, 3.8) is 0 Å². The van der Waals surface area contributed by atoms with Gasteiger partial charge in [-0.3, -0.25) is 4.79 Å². The van der Waals surface area contributed by atoms with Gasteiger partial charge in [0, 0.05) is 19.9 Å². The molecule has 0 N–H and O–H groups in total. The summed E-state index contributed by atoms with van der Waals surface area (Å²) in [7, 11) is 1.67. The van der Waals surface area contributed by atoms with E-state index in [1.165, 1.54) is 28.1 Å². The van der Waals surface area contributed by atoms with E-state index in [4.69, 9.17) is 4.74 Å². The van der Waals surface area contributed by atoms with Crippen LogP contribution in [0.5, 0.6) is 5.88 Å². The van der Waals surface area contributed by atoms with Crippen molar-refractivity contribution in [2.24, 2.45) is 7.05 Å². The Morgan fingerprint density at radius 2 is 1.94 bits per heavy atom. The van der Waals surface area contributed by atoms with Gasteiger partial charge in [-0.05, 0) is 11.1 Å². The summed E-state index contributed by atoms with van der Waals surface area (Å²) in [6, 6.07) is 9.75. The fourth-order valence-electron chi connectivity index (χ4n) is 2.28. The molecule has 0 bridgehead atoms. The zero-order valence-corrected chi connectivity index (χ0v) is 10.2. The molecule has 4 nitrogen and oxygen atoms in total. The second-order valence-electron chi connectivity index (χ2n) is 4.59. The first kappa shape index (κ1) is 11.0. The summed E-state index contributed by atoms with van der Waals surface area (Å²) in [4.78, 5) is 15.6. The Kier molecular flexibility index (Phi) is 2.63. The Morgan fingerprint density at radius 1 is 1.28 bits per heavy atom. The van der Waals surface area contributed by atoms with Gasteiger partial charge in [-0.15, -0.1) is 0 Å². The van der Waals surface area contributed by atoms with Crippen molar-refractivity contribution in [3.8, 4) is 5.88 Å². The van der Waals surface area contributed by atoms with Crippen molar-refractivity contribution in [1.82, 2.24) is 9.55 Å². The Labute approximate surface area is 105 Å². The van der Waals surface area contributed by atoms with E-state index in [9.17, 15) is 4.79 Å². The lowest BCUT2D eigenvalue weighted by Crippen LogP contribution is -2.21. The fraction of sp³-hybridized carbons (Fsp3) is 0.286. The van der Waals surface area contributed by atoms with Gasteiger partial charge in [0.25, 0.3) is 5.56 Å². The number of hydrogen-bond acceptors (Lipinski definition) is 3. The number of hydrogen-bond donors (Lipinski definition) is 0. The highest BCUT2D eigenvalue weighted by Gasteiger charge is 2.22. The van der Waals surface area contributed by atoms with Gasteiger partial charge in [0.2, 0.25) is 5.88 Å². The summed E-state index contributed by atoms with van der Waals surface area (Å²) in [6.45, 7) is 0. The minimum atomic E-state index is -0.101. The summed E-state index contributed by atoms with van der Waals surface area (Å²) in [5, 5.41) is 0. The van der Waals surface area contributed by atoms with Crippen LogP contribution in [0, 0.1) is 0 Å². The average molecular weight is 242 g/mol. The van der Waals surface area contributed by atoms with Crippen molar-refractivity contribution in [1.29, 1.82) is 0 Å². The van der Waals surface area contributed by atoms with E-state index in [0.29, 0.717) is 5.88 Å². The standard InChI is InChI=1S/C14H14N2O2/c1-16-9-15-13(8-14(16)17)18-12-6-10-4-2-3-5-11(10)7-12/h2-5,8-9,12H,6-7H2,1H3. The fourth-order valence-corrected chi connectivity index (χ4v) is 2.28. The van der Waals surface area contributed by atoms with Crippen LogP contribution >= 0.6 is 0 Å². The molecule has 2 aromatic rings. The molecule has 1 heterocycles. The van der Waals surface area contributed by atoms with Crippen molar-refractivity contribution in [3.05, 3.63) is 58.1 Å². The maximum atomic E-state index is 11.5. The highest BCUT2D eigenvalue weighted by molar-refractivity contribution is 5.33. The molecule has 4 heteroatoms. The van der Waals surface area contributed by atoms with E-state index in [1.807, 2.05) is 12.1 Å². The maximum absolute atomic E-state index is 11.5. The van der Waals surface area contributed by atoms with E-state index < -0.39 is 0 Å². The van der Waals surface area contributed by atoms with Crippen molar-refractivity contribution < 1.29 is 4.74 Å². The number of fused-ring (bicyclic) bond motifs is 1. The van der Waals surface area contributed by atoms with Gasteiger partial charge in [-0.2, -0.15) is 0 Å². The first-order valence-electron chi connectivity index (χ1n) is 5.98. The Hall–Kier alpha value is -2.10. The summed E-state index contributed by atoms with van der Waals surface area (Å²) >= 11 is 0. The lowest BCUT2D eigenvalue weighted by molar-refractivity contribution is 0.204. The number of aromatic nitrogens is 2. The highest BCUT2D eigenvalue weighted by atomic mass is 16.5. The van der Waals surface area contributed by atoms with Gasteiger partial charge < -0.3 is 9.30 Å². The van der Waals surface area contributed by atoms with E-state index in [0.717, 1.165) is 12.8 Å². The van der Waals surface area contributed by atoms with Crippen LogP contribution in [-0.2, 0) is 19.9 Å². The van der Waals surface area contributed by atoms with Crippen LogP contribution in [0.15, 0.2) is 41.5 Å². The van der Waals surface area contributed by atoms with E-state index in [-0.39, 0.29) is 11.7 Å². The summed E-state index contributed by atoms with van der Waals surface area (Å²) in [5.74, 6) is 0.413. The molecule has 1 aromatic heterocycles. The third-order valence-corrected chi connectivity index (χ3v) is 3.25. The third kappa shape index (κ3) is 2.01. The van der Waals surface area contributed by atoms with Gasteiger partial charge in [-0.1, -0.05) is 24.3 Å². The van der Waals surface area contributed by atoms with Crippen LogP contribution in [0.4, 0.5) is 0 Å². The molecule has 0 aliphatic heterocycles. The summed E-state index contributed by atoms with van der Waals surface area (Å²) in [6.07, 6.45) is 3.34. The minimum absolute atomic E-state index is 0.0852. The lowest BCUT2D eigenvalue weighted by atomic mass is 10.1. The number of ether oxygens (including phenoxy) is 1. The monoisotopic (exact) mass is 242 g/mol. The molecule has 0 saturated carbocycles. The maximum Gasteiger partial charge on any atom is 0.256 e. The molecule has 0 unspecified atom stereocenters. The number of aryl methyl sites for hydroxylation is 1. The molecule has 0 saturated heterocycles. The summed E-state index contributed by atoms with van der Waals surface area (Å²) in [5.41, 5.74) is 2.55. The third-order valence-electron chi connectivity index (χ3n) is 3.25. The first-order chi connectivity index (χ1) is 8.72. The second-order valence-corrected chi connectivity index (χ2v) is 4.59. The van der Waals surface area contributed by atoms with Gasteiger partial charge >= 0.3 is 0 Å². The molecule has 0 atom stereocenters. The average Bonchev–Trinajstić information content (AvgIpc) is 2.76. The van der Waals surface area contributed by atoms with E-state index in [2.05, 4.69) is 17.1 Å². The zero-order chi connectivity index (χ0) is 12.5.